The van der Waals surface area contributed by atoms with E-state index in [4.69, 9.17) is 4.74 Å². The molecule has 3 nitrogen and oxygen atoms in total. The highest BCUT2D eigenvalue weighted by molar-refractivity contribution is 5.41. The molecule has 0 aliphatic rings. The number of ether oxygens (including phenoxy) is 1. The smallest absolute Gasteiger partial charge is 0.194 e. The first-order chi connectivity index (χ1) is 12.6. The molecule has 6 heteroatoms. The summed E-state index contributed by atoms with van der Waals surface area (Å²) >= 11 is 0. The minimum absolute atomic E-state index is 0.0563. The lowest BCUT2D eigenvalue weighted by Crippen LogP contribution is -2.20. The van der Waals surface area contributed by atoms with Gasteiger partial charge in [0.1, 0.15) is 12.4 Å². The molecule has 2 N–H and O–H groups in total. The fourth-order valence-electron chi connectivity index (χ4n) is 2.31. The van der Waals surface area contributed by atoms with Crippen LogP contribution in [0.4, 0.5) is 18.9 Å². The van der Waals surface area contributed by atoms with E-state index in [1.54, 1.807) is 0 Å². The third-order valence-electron chi connectivity index (χ3n) is 3.68. The highest BCUT2D eigenvalue weighted by atomic mass is 19.2. The van der Waals surface area contributed by atoms with Crippen LogP contribution < -0.4 is 15.6 Å². The van der Waals surface area contributed by atoms with Gasteiger partial charge in [0.2, 0.25) is 0 Å². The van der Waals surface area contributed by atoms with Crippen molar-refractivity contribution in [1.29, 1.82) is 0 Å². The fourth-order valence-corrected chi connectivity index (χ4v) is 2.31. The second-order valence-electron chi connectivity index (χ2n) is 5.65. The number of anilines is 1. The number of para-hydroxylation sites is 1. The Morgan fingerprint density at radius 3 is 2.04 bits per heavy atom. The molecule has 3 rings (SSSR count). The molecule has 0 aliphatic heterocycles. The summed E-state index contributed by atoms with van der Waals surface area (Å²) in [6.07, 6.45) is 0. The topological polar surface area (TPSA) is 33.3 Å². The number of hydrazine groups is 1. The van der Waals surface area contributed by atoms with Crippen LogP contribution in [0, 0.1) is 17.5 Å². The summed E-state index contributed by atoms with van der Waals surface area (Å²) < 4.78 is 44.5. The Hall–Kier alpha value is -2.99. The summed E-state index contributed by atoms with van der Waals surface area (Å²) in [5.74, 6) is -4.10. The average Bonchev–Trinajstić information content (AvgIpc) is 2.66. The monoisotopic (exact) mass is 358 g/mol. The van der Waals surface area contributed by atoms with Gasteiger partial charge in [0.25, 0.3) is 0 Å². The molecule has 0 atom stereocenters. The molecule has 3 aromatic carbocycles. The SMILES string of the molecule is Fc1cc(OCc2ccc(CNNc3ccccc3)cc2)cc(F)c1F. The molecule has 0 unspecified atom stereocenters. The maximum atomic E-state index is 13.2. The lowest BCUT2D eigenvalue weighted by atomic mass is 10.1. The molecule has 0 amide bonds. The molecular formula is C20H17F3N2O. The van der Waals surface area contributed by atoms with Gasteiger partial charge in [-0.25, -0.2) is 18.6 Å². The Kier molecular flexibility index (Phi) is 5.76. The predicted octanol–water partition coefficient (Wildman–Crippen LogP) is 4.80. The van der Waals surface area contributed by atoms with Crippen LogP contribution in [0.15, 0.2) is 66.7 Å². The number of nitrogens with one attached hydrogen (secondary N) is 2. The third kappa shape index (κ3) is 4.77. The molecule has 0 bridgehead atoms. The van der Waals surface area contributed by atoms with Gasteiger partial charge >= 0.3 is 0 Å². The van der Waals surface area contributed by atoms with Crippen molar-refractivity contribution in [2.24, 2.45) is 0 Å². The van der Waals surface area contributed by atoms with Crippen LogP contribution >= 0.6 is 0 Å². The molecule has 3 aromatic rings. The molecule has 0 saturated heterocycles. The summed E-state index contributed by atoms with van der Waals surface area (Å²) in [6, 6.07) is 18.9. The van der Waals surface area contributed by atoms with Gasteiger partial charge in [-0.3, -0.25) is 0 Å². The largest absolute Gasteiger partial charge is 0.489 e. The zero-order valence-corrected chi connectivity index (χ0v) is 13.8. The molecule has 26 heavy (non-hydrogen) atoms. The van der Waals surface area contributed by atoms with Gasteiger partial charge in [-0.2, -0.15) is 0 Å². The number of rotatable bonds is 7. The van der Waals surface area contributed by atoms with Gasteiger partial charge in [0.05, 0.1) is 0 Å². The lowest BCUT2D eigenvalue weighted by molar-refractivity contribution is 0.299. The maximum Gasteiger partial charge on any atom is 0.194 e. The first kappa shape index (κ1) is 17.8. The van der Waals surface area contributed by atoms with Gasteiger partial charge in [-0.15, -0.1) is 0 Å². The van der Waals surface area contributed by atoms with Crippen molar-refractivity contribution >= 4 is 5.69 Å². The Bertz CT molecular complexity index is 832. The summed E-state index contributed by atoms with van der Waals surface area (Å²) in [5, 5.41) is 0. The van der Waals surface area contributed by atoms with Gasteiger partial charge in [-0.1, -0.05) is 42.5 Å². The van der Waals surface area contributed by atoms with E-state index in [2.05, 4.69) is 10.9 Å². The Morgan fingerprint density at radius 1 is 0.769 bits per heavy atom. The van der Waals surface area contributed by atoms with E-state index in [1.807, 2.05) is 54.6 Å². The van der Waals surface area contributed by atoms with Gasteiger partial charge in [-0.05, 0) is 23.3 Å². The first-order valence-corrected chi connectivity index (χ1v) is 8.01. The van der Waals surface area contributed by atoms with Crippen molar-refractivity contribution in [3.05, 3.63) is 95.3 Å². The Balaban J connectivity index is 1.50. The summed E-state index contributed by atoms with van der Waals surface area (Å²) in [7, 11) is 0. The average molecular weight is 358 g/mol. The van der Waals surface area contributed by atoms with Crippen molar-refractivity contribution in [2.75, 3.05) is 5.43 Å². The highest BCUT2D eigenvalue weighted by Gasteiger charge is 2.11. The molecular weight excluding hydrogens is 341 g/mol. The predicted molar refractivity (Wildman–Crippen MR) is 94.0 cm³/mol. The van der Waals surface area contributed by atoms with E-state index in [0.29, 0.717) is 6.54 Å². The van der Waals surface area contributed by atoms with Crippen molar-refractivity contribution in [3.8, 4) is 5.75 Å². The molecule has 0 heterocycles. The van der Waals surface area contributed by atoms with E-state index in [1.165, 1.54) is 0 Å². The molecule has 0 aliphatic carbocycles. The summed E-state index contributed by atoms with van der Waals surface area (Å²) in [4.78, 5) is 0. The second-order valence-corrected chi connectivity index (χ2v) is 5.65. The number of halogens is 3. The van der Waals surface area contributed by atoms with Crippen molar-refractivity contribution in [3.63, 3.8) is 0 Å². The standard InChI is InChI=1S/C20H17F3N2O/c21-18-10-17(11-19(22)20(18)23)26-13-15-8-6-14(7-9-15)12-24-25-16-4-2-1-3-5-16/h1-11,24-25H,12-13H2. The number of benzene rings is 3. The van der Waals surface area contributed by atoms with Crippen molar-refractivity contribution < 1.29 is 17.9 Å². The molecule has 134 valence electrons. The van der Waals surface area contributed by atoms with E-state index in [-0.39, 0.29) is 12.4 Å². The molecule has 0 spiro atoms. The van der Waals surface area contributed by atoms with Crippen LogP contribution in [0.1, 0.15) is 11.1 Å². The molecule has 0 radical (unpaired) electrons. The fraction of sp³-hybridized carbons (Fsp3) is 0.100. The Labute approximate surface area is 149 Å². The normalized spacial score (nSPS) is 10.6. The van der Waals surface area contributed by atoms with Crippen LogP contribution in [-0.4, -0.2) is 0 Å². The zero-order chi connectivity index (χ0) is 18.4. The quantitative estimate of drug-likeness (QED) is 0.470. The summed E-state index contributed by atoms with van der Waals surface area (Å²) in [5.41, 5.74) is 9.06. The van der Waals surface area contributed by atoms with Crippen LogP contribution in [-0.2, 0) is 13.2 Å². The third-order valence-corrected chi connectivity index (χ3v) is 3.68. The maximum absolute atomic E-state index is 13.2. The first-order valence-electron chi connectivity index (χ1n) is 8.01. The Morgan fingerprint density at radius 2 is 1.38 bits per heavy atom. The van der Waals surface area contributed by atoms with Crippen LogP contribution in [0.25, 0.3) is 0 Å². The number of hydrogen-bond acceptors (Lipinski definition) is 3. The van der Waals surface area contributed by atoms with Crippen LogP contribution in [0.5, 0.6) is 5.75 Å². The van der Waals surface area contributed by atoms with E-state index in [9.17, 15) is 13.2 Å². The lowest BCUT2D eigenvalue weighted by Gasteiger charge is -2.10. The van der Waals surface area contributed by atoms with E-state index >= 15 is 0 Å². The molecule has 0 saturated carbocycles. The molecule has 0 fully saturated rings. The van der Waals surface area contributed by atoms with Gasteiger partial charge < -0.3 is 10.2 Å². The van der Waals surface area contributed by atoms with E-state index in [0.717, 1.165) is 28.9 Å². The second kappa shape index (κ2) is 8.40. The highest BCUT2D eigenvalue weighted by Crippen LogP contribution is 2.20. The van der Waals surface area contributed by atoms with Gasteiger partial charge in [0.15, 0.2) is 17.5 Å². The van der Waals surface area contributed by atoms with E-state index < -0.39 is 17.5 Å². The van der Waals surface area contributed by atoms with Crippen LogP contribution in [0.3, 0.4) is 0 Å². The minimum atomic E-state index is -1.50. The van der Waals surface area contributed by atoms with Crippen LogP contribution in [0.2, 0.25) is 0 Å². The van der Waals surface area contributed by atoms with Crippen molar-refractivity contribution in [2.45, 2.75) is 13.2 Å². The zero-order valence-electron chi connectivity index (χ0n) is 13.8. The van der Waals surface area contributed by atoms with Gasteiger partial charge in [0, 0.05) is 24.4 Å². The molecule has 0 aromatic heterocycles. The minimum Gasteiger partial charge on any atom is -0.489 e. The van der Waals surface area contributed by atoms with Crippen molar-refractivity contribution in [1.82, 2.24) is 5.43 Å². The number of hydrogen-bond donors (Lipinski definition) is 2. The summed E-state index contributed by atoms with van der Waals surface area (Å²) in [6.45, 7) is 0.741.